The van der Waals surface area contributed by atoms with Crippen molar-refractivity contribution in [1.29, 1.82) is 0 Å². The fourth-order valence-electron chi connectivity index (χ4n) is 6.23. The summed E-state index contributed by atoms with van der Waals surface area (Å²) >= 11 is 0. The van der Waals surface area contributed by atoms with Gasteiger partial charge >= 0.3 is 6.09 Å². The quantitative estimate of drug-likeness (QED) is 0.257. The maximum absolute atomic E-state index is 13.6. The summed E-state index contributed by atoms with van der Waals surface area (Å²) in [5.74, 6) is 0.288. The lowest BCUT2D eigenvalue weighted by Crippen LogP contribution is -2.47. The Labute approximate surface area is 272 Å². The van der Waals surface area contributed by atoms with Crippen molar-refractivity contribution >= 4 is 29.3 Å². The summed E-state index contributed by atoms with van der Waals surface area (Å²) in [4.78, 5) is 45.3. The molecule has 0 radical (unpaired) electrons. The average molecular weight is 626 g/mol. The Morgan fingerprint density at radius 2 is 1.43 bits per heavy atom. The molecule has 9 heteroatoms. The van der Waals surface area contributed by atoms with E-state index in [9.17, 15) is 14.4 Å². The lowest BCUT2D eigenvalue weighted by atomic mass is 9.96. The number of likely N-dealkylation sites (tertiary alicyclic amines) is 2. The Balaban J connectivity index is 1.07. The first kappa shape index (κ1) is 33.2. The van der Waals surface area contributed by atoms with E-state index in [4.69, 9.17) is 4.74 Å². The van der Waals surface area contributed by atoms with Crippen LogP contribution in [0.5, 0.6) is 0 Å². The van der Waals surface area contributed by atoms with Crippen molar-refractivity contribution in [3.63, 3.8) is 0 Å². The zero-order chi connectivity index (χ0) is 32.1. The molecule has 2 N–H and O–H groups in total. The Bertz CT molecular complexity index is 1400. The minimum absolute atomic E-state index is 0.0479. The number of para-hydroxylation sites is 2. The average Bonchev–Trinajstić information content (AvgIpc) is 3.10. The van der Waals surface area contributed by atoms with Gasteiger partial charge in [0, 0.05) is 62.9 Å². The second-order valence-corrected chi connectivity index (χ2v) is 12.2. The van der Waals surface area contributed by atoms with Gasteiger partial charge in [-0.1, -0.05) is 73.7 Å². The van der Waals surface area contributed by atoms with Crippen LogP contribution in [0.4, 0.5) is 16.2 Å². The fraction of sp³-hybridized carbons (Fsp3) is 0.432. The van der Waals surface area contributed by atoms with Crippen LogP contribution in [0.15, 0.2) is 84.9 Å². The van der Waals surface area contributed by atoms with Crippen molar-refractivity contribution in [2.24, 2.45) is 5.92 Å². The minimum atomic E-state index is -0.443. The van der Waals surface area contributed by atoms with Gasteiger partial charge in [0.05, 0.1) is 12.4 Å². The standard InChI is InChI=1S/C37H47N5O4/c1-2-22-38-36(44)30-17-23-41(24-18-30)28-42(31-13-7-4-8-14-31)35(43)21-27-40-25-19-32(20-26-40)46-37(45)39-34-16-10-9-15-33(34)29-11-5-3-6-12-29/h3-16,30,32H,2,17-28H2,1H3,(H,38,44)(H,39,45). The summed E-state index contributed by atoms with van der Waals surface area (Å²) < 4.78 is 5.80. The molecule has 0 saturated carbocycles. The normalized spacial score (nSPS) is 16.5. The van der Waals surface area contributed by atoms with Crippen LogP contribution in [-0.2, 0) is 14.3 Å². The number of hydrogen-bond donors (Lipinski definition) is 2. The van der Waals surface area contributed by atoms with Crippen LogP contribution in [-0.4, -0.2) is 79.7 Å². The summed E-state index contributed by atoms with van der Waals surface area (Å²) in [5, 5.41) is 5.96. The molecule has 0 unspecified atom stereocenters. The molecule has 2 saturated heterocycles. The number of rotatable bonds is 12. The van der Waals surface area contributed by atoms with E-state index in [0.717, 1.165) is 87.3 Å². The van der Waals surface area contributed by atoms with E-state index in [2.05, 4.69) is 27.4 Å². The highest BCUT2D eigenvalue weighted by molar-refractivity contribution is 5.93. The molecule has 3 aromatic carbocycles. The number of amides is 3. The third kappa shape index (κ3) is 9.40. The molecule has 2 aliphatic heterocycles. The van der Waals surface area contributed by atoms with Crippen molar-refractivity contribution in [3.8, 4) is 11.1 Å². The van der Waals surface area contributed by atoms with E-state index < -0.39 is 6.09 Å². The molecular weight excluding hydrogens is 578 g/mol. The van der Waals surface area contributed by atoms with Crippen LogP contribution in [0.25, 0.3) is 11.1 Å². The van der Waals surface area contributed by atoms with Gasteiger partial charge in [-0.2, -0.15) is 0 Å². The number of benzene rings is 3. The van der Waals surface area contributed by atoms with Crippen molar-refractivity contribution < 1.29 is 19.1 Å². The van der Waals surface area contributed by atoms with Gasteiger partial charge in [0.15, 0.2) is 0 Å². The van der Waals surface area contributed by atoms with Crippen molar-refractivity contribution in [2.45, 2.75) is 51.6 Å². The van der Waals surface area contributed by atoms with Crippen molar-refractivity contribution in [2.75, 3.05) is 56.2 Å². The molecule has 2 heterocycles. The van der Waals surface area contributed by atoms with Crippen LogP contribution in [0.1, 0.15) is 45.4 Å². The largest absolute Gasteiger partial charge is 0.446 e. The van der Waals surface area contributed by atoms with Gasteiger partial charge in [-0.3, -0.25) is 24.7 Å². The molecule has 5 rings (SSSR count). The highest BCUT2D eigenvalue weighted by Gasteiger charge is 2.28. The maximum Gasteiger partial charge on any atom is 0.411 e. The molecule has 244 valence electrons. The molecular formula is C37H47N5O4. The number of ether oxygens (including phenoxy) is 1. The summed E-state index contributed by atoms with van der Waals surface area (Å²) in [7, 11) is 0. The molecule has 0 aliphatic carbocycles. The molecule has 0 atom stereocenters. The lowest BCUT2D eigenvalue weighted by Gasteiger charge is -2.36. The van der Waals surface area contributed by atoms with E-state index in [-0.39, 0.29) is 23.8 Å². The number of nitrogens with one attached hydrogen (secondary N) is 2. The minimum Gasteiger partial charge on any atom is -0.446 e. The van der Waals surface area contributed by atoms with Crippen LogP contribution in [0.3, 0.4) is 0 Å². The zero-order valence-corrected chi connectivity index (χ0v) is 26.9. The second kappa shape index (κ2) is 16.9. The van der Waals surface area contributed by atoms with E-state index in [1.807, 2.05) is 89.8 Å². The number of piperidine rings is 2. The molecule has 2 aliphatic rings. The van der Waals surface area contributed by atoms with Crippen LogP contribution < -0.4 is 15.5 Å². The number of anilines is 2. The van der Waals surface area contributed by atoms with E-state index in [1.165, 1.54) is 0 Å². The van der Waals surface area contributed by atoms with Gasteiger partial charge in [-0.05, 0) is 55.9 Å². The first-order chi connectivity index (χ1) is 22.5. The molecule has 3 amide bonds. The third-order valence-corrected chi connectivity index (χ3v) is 8.92. The Kier molecular flexibility index (Phi) is 12.2. The monoisotopic (exact) mass is 625 g/mol. The molecule has 0 bridgehead atoms. The van der Waals surface area contributed by atoms with Crippen molar-refractivity contribution in [1.82, 2.24) is 15.1 Å². The van der Waals surface area contributed by atoms with Gasteiger partial charge in [0.25, 0.3) is 0 Å². The van der Waals surface area contributed by atoms with Crippen LogP contribution in [0, 0.1) is 5.92 Å². The first-order valence-corrected chi connectivity index (χ1v) is 16.7. The van der Waals surface area contributed by atoms with Gasteiger partial charge in [-0.25, -0.2) is 4.79 Å². The highest BCUT2D eigenvalue weighted by Crippen LogP contribution is 2.28. The third-order valence-electron chi connectivity index (χ3n) is 8.92. The predicted octanol–water partition coefficient (Wildman–Crippen LogP) is 5.99. The van der Waals surface area contributed by atoms with Gasteiger partial charge in [-0.15, -0.1) is 0 Å². The Hall–Kier alpha value is -4.21. The highest BCUT2D eigenvalue weighted by atomic mass is 16.6. The van der Waals surface area contributed by atoms with Gasteiger partial charge < -0.3 is 15.0 Å². The summed E-state index contributed by atoms with van der Waals surface area (Å²) in [5.41, 5.74) is 3.59. The summed E-state index contributed by atoms with van der Waals surface area (Å²) in [6, 6.07) is 27.5. The molecule has 0 spiro atoms. The predicted molar refractivity (Wildman–Crippen MR) is 182 cm³/mol. The van der Waals surface area contributed by atoms with E-state index >= 15 is 0 Å². The number of hydrogen-bond acceptors (Lipinski definition) is 6. The number of carbonyl (C=O) groups is 3. The maximum atomic E-state index is 13.6. The smallest absolute Gasteiger partial charge is 0.411 e. The summed E-state index contributed by atoms with van der Waals surface area (Å²) in [6.07, 6.45) is 3.81. The lowest BCUT2D eigenvalue weighted by molar-refractivity contribution is -0.126. The fourth-order valence-corrected chi connectivity index (χ4v) is 6.23. The van der Waals surface area contributed by atoms with Crippen LogP contribution >= 0.6 is 0 Å². The second-order valence-electron chi connectivity index (χ2n) is 12.2. The summed E-state index contributed by atoms with van der Waals surface area (Å²) in [6.45, 7) is 7.08. The van der Waals surface area contributed by atoms with Gasteiger partial charge in [0.1, 0.15) is 6.10 Å². The number of carbonyl (C=O) groups excluding carboxylic acids is 3. The number of nitrogens with zero attached hydrogens (tertiary/aromatic N) is 3. The molecule has 0 aromatic heterocycles. The zero-order valence-electron chi connectivity index (χ0n) is 26.9. The topological polar surface area (TPSA) is 94.2 Å². The van der Waals surface area contributed by atoms with Crippen LogP contribution in [0.2, 0.25) is 0 Å². The molecule has 3 aromatic rings. The van der Waals surface area contributed by atoms with E-state index in [0.29, 0.717) is 19.6 Å². The van der Waals surface area contributed by atoms with Crippen molar-refractivity contribution in [3.05, 3.63) is 84.9 Å². The Morgan fingerprint density at radius 3 is 2.13 bits per heavy atom. The molecule has 2 fully saturated rings. The first-order valence-electron chi connectivity index (χ1n) is 16.7. The molecule has 9 nitrogen and oxygen atoms in total. The molecule has 46 heavy (non-hydrogen) atoms. The SMILES string of the molecule is CCCNC(=O)C1CCN(CN(C(=O)CCN2CCC(OC(=O)Nc3ccccc3-c3ccccc3)CC2)c2ccccc2)CC1. The van der Waals surface area contributed by atoms with Gasteiger partial charge in [0.2, 0.25) is 11.8 Å². The Morgan fingerprint density at radius 1 is 0.804 bits per heavy atom. The van der Waals surface area contributed by atoms with E-state index in [1.54, 1.807) is 0 Å².